The van der Waals surface area contributed by atoms with Gasteiger partial charge in [-0.2, -0.15) is 0 Å². The predicted molar refractivity (Wildman–Crippen MR) is 99.8 cm³/mol. The average Bonchev–Trinajstić information content (AvgIpc) is 2.44. The molecule has 0 fully saturated rings. The molecule has 0 spiro atoms. The number of pyridine rings is 1. The summed E-state index contributed by atoms with van der Waals surface area (Å²) in [5.74, 6) is 0. The van der Waals surface area contributed by atoms with Gasteiger partial charge in [0, 0.05) is 26.1 Å². The van der Waals surface area contributed by atoms with E-state index < -0.39 is 8.07 Å². The zero-order valence-electron chi connectivity index (χ0n) is 13.6. The molecule has 2 rings (SSSR count). The Bertz CT molecular complexity index is 691. The zero-order chi connectivity index (χ0) is 16.2. The van der Waals surface area contributed by atoms with Gasteiger partial charge in [-0.05, 0) is 41.6 Å². The molecule has 0 bridgehead atoms. The number of halogens is 1. The fourth-order valence-electron chi connectivity index (χ4n) is 2.29. The summed E-state index contributed by atoms with van der Waals surface area (Å²) >= 11 is 3.46. The number of aryl methyl sites for hydroxylation is 1. The third-order valence-electron chi connectivity index (χ3n) is 3.65. The molecular formula is C17H24BrNO2Si. The third kappa shape index (κ3) is 4.79. The highest BCUT2D eigenvalue weighted by Crippen LogP contribution is 2.16. The predicted octanol–water partition coefficient (Wildman–Crippen LogP) is 4.25. The highest BCUT2D eigenvalue weighted by molar-refractivity contribution is 9.09. The van der Waals surface area contributed by atoms with E-state index in [2.05, 4.69) is 47.7 Å². The van der Waals surface area contributed by atoms with Gasteiger partial charge in [0.25, 0.3) is 5.56 Å². The Morgan fingerprint density at radius 2 is 1.95 bits per heavy atom. The molecular weight excluding hydrogens is 358 g/mol. The fraction of sp³-hybridized carbons (Fsp3) is 0.471. The van der Waals surface area contributed by atoms with E-state index in [-0.39, 0.29) is 5.56 Å². The first-order chi connectivity index (χ1) is 10.4. The number of benzene rings is 1. The topological polar surface area (TPSA) is 31.2 Å². The standard InChI is InChI=1S/C17H24BrNO2Si/c1-22(2,3)11-10-21-13-19-16-6-4-14(8-9-18)12-15(16)5-7-17(19)20/h4-7,12H,8-11,13H2,1-3H3. The molecule has 1 heterocycles. The van der Waals surface area contributed by atoms with Crippen LogP contribution in [0.1, 0.15) is 5.56 Å². The number of nitrogens with zero attached hydrogens (tertiary/aromatic N) is 1. The Labute approximate surface area is 141 Å². The molecule has 0 unspecified atom stereocenters. The second-order valence-corrected chi connectivity index (χ2v) is 13.2. The van der Waals surface area contributed by atoms with Crippen LogP contribution in [0.2, 0.25) is 25.7 Å². The Kier molecular flexibility index (Phi) is 6.00. The van der Waals surface area contributed by atoms with Crippen molar-refractivity contribution in [2.45, 2.75) is 38.8 Å². The summed E-state index contributed by atoms with van der Waals surface area (Å²) in [7, 11) is -1.10. The minimum Gasteiger partial charge on any atom is -0.361 e. The molecule has 0 aliphatic heterocycles. The van der Waals surface area contributed by atoms with Crippen molar-refractivity contribution in [2.75, 3.05) is 11.9 Å². The van der Waals surface area contributed by atoms with Gasteiger partial charge in [-0.1, -0.05) is 41.6 Å². The number of fused-ring (bicyclic) bond motifs is 1. The number of hydrogen-bond acceptors (Lipinski definition) is 2. The molecule has 0 radical (unpaired) electrons. The van der Waals surface area contributed by atoms with Gasteiger partial charge in [-0.15, -0.1) is 0 Å². The van der Waals surface area contributed by atoms with E-state index in [1.165, 1.54) is 5.56 Å². The molecule has 1 aromatic heterocycles. The van der Waals surface area contributed by atoms with Crippen molar-refractivity contribution in [1.82, 2.24) is 4.57 Å². The SMILES string of the molecule is C[Si](C)(C)CCOCn1c(=O)ccc2cc(CCBr)ccc21. The number of alkyl halides is 1. The molecule has 0 N–H and O–H groups in total. The highest BCUT2D eigenvalue weighted by Gasteiger charge is 2.12. The molecule has 0 aliphatic carbocycles. The van der Waals surface area contributed by atoms with Crippen molar-refractivity contribution < 1.29 is 4.74 Å². The van der Waals surface area contributed by atoms with Gasteiger partial charge in [0.1, 0.15) is 6.73 Å². The highest BCUT2D eigenvalue weighted by atomic mass is 79.9. The monoisotopic (exact) mass is 381 g/mol. The van der Waals surface area contributed by atoms with Crippen molar-refractivity contribution in [1.29, 1.82) is 0 Å². The first-order valence-electron chi connectivity index (χ1n) is 7.67. The van der Waals surface area contributed by atoms with E-state index in [0.717, 1.165) is 35.3 Å². The number of ether oxygens (including phenoxy) is 1. The summed E-state index contributed by atoms with van der Waals surface area (Å²) in [6, 6.07) is 10.9. The molecule has 0 saturated carbocycles. The number of hydrogen-bond donors (Lipinski definition) is 0. The van der Waals surface area contributed by atoms with Gasteiger partial charge in [0.15, 0.2) is 0 Å². The Morgan fingerprint density at radius 1 is 1.18 bits per heavy atom. The summed E-state index contributed by atoms with van der Waals surface area (Å²) in [5, 5.41) is 2.03. The Morgan fingerprint density at radius 3 is 2.64 bits per heavy atom. The largest absolute Gasteiger partial charge is 0.361 e. The molecule has 22 heavy (non-hydrogen) atoms. The van der Waals surface area contributed by atoms with Crippen LogP contribution in [0.5, 0.6) is 0 Å². The van der Waals surface area contributed by atoms with Crippen LogP contribution in [0, 0.1) is 0 Å². The minimum absolute atomic E-state index is 0.00579. The third-order valence-corrected chi connectivity index (χ3v) is 5.75. The van der Waals surface area contributed by atoms with E-state index in [1.54, 1.807) is 10.6 Å². The summed E-state index contributed by atoms with van der Waals surface area (Å²) in [6.45, 7) is 8.03. The van der Waals surface area contributed by atoms with Crippen LogP contribution >= 0.6 is 15.9 Å². The second-order valence-electron chi connectivity index (χ2n) is 6.78. The van der Waals surface area contributed by atoms with E-state index >= 15 is 0 Å². The van der Waals surface area contributed by atoms with Gasteiger partial charge in [0.2, 0.25) is 0 Å². The Hall–Kier alpha value is -0.913. The van der Waals surface area contributed by atoms with Crippen LogP contribution in [0.25, 0.3) is 10.9 Å². The first-order valence-corrected chi connectivity index (χ1v) is 12.5. The maximum absolute atomic E-state index is 12.1. The quantitative estimate of drug-likeness (QED) is 0.407. The normalized spacial score (nSPS) is 12.0. The molecule has 2 aromatic rings. The maximum Gasteiger partial charge on any atom is 0.252 e. The lowest BCUT2D eigenvalue weighted by Crippen LogP contribution is -2.24. The van der Waals surface area contributed by atoms with Crippen LogP contribution < -0.4 is 5.56 Å². The fourth-order valence-corrected chi connectivity index (χ4v) is 3.50. The van der Waals surface area contributed by atoms with Crippen LogP contribution in [0.15, 0.2) is 35.1 Å². The van der Waals surface area contributed by atoms with Gasteiger partial charge >= 0.3 is 0 Å². The lowest BCUT2D eigenvalue weighted by molar-refractivity contribution is 0.0879. The molecule has 0 amide bonds. The summed E-state index contributed by atoms with van der Waals surface area (Å²) in [6.07, 6.45) is 0.988. The smallest absolute Gasteiger partial charge is 0.252 e. The number of aromatic nitrogens is 1. The van der Waals surface area contributed by atoms with Gasteiger partial charge in [-0.3, -0.25) is 9.36 Å². The zero-order valence-corrected chi connectivity index (χ0v) is 16.1. The van der Waals surface area contributed by atoms with Crippen molar-refractivity contribution >= 4 is 34.9 Å². The van der Waals surface area contributed by atoms with E-state index in [0.29, 0.717) is 6.73 Å². The van der Waals surface area contributed by atoms with Crippen LogP contribution in [0.4, 0.5) is 0 Å². The van der Waals surface area contributed by atoms with Crippen LogP contribution in [-0.4, -0.2) is 24.6 Å². The molecule has 0 saturated heterocycles. The van der Waals surface area contributed by atoms with E-state index in [9.17, 15) is 4.79 Å². The molecule has 1 aromatic carbocycles. The van der Waals surface area contributed by atoms with Gasteiger partial charge in [0.05, 0.1) is 5.52 Å². The van der Waals surface area contributed by atoms with Crippen LogP contribution in [0.3, 0.4) is 0 Å². The molecule has 0 aliphatic rings. The van der Waals surface area contributed by atoms with Gasteiger partial charge < -0.3 is 4.74 Å². The lowest BCUT2D eigenvalue weighted by Gasteiger charge is -2.16. The molecule has 120 valence electrons. The minimum atomic E-state index is -1.10. The summed E-state index contributed by atoms with van der Waals surface area (Å²) < 4.78 is 7.47. The molecule has 5 heteroatoms. The summed E-state index contributed by atoms with van der Waals surface area (Å²) in [5.41, 5.74) is 2.21. The average molecular weight is 382 g/mol. The second kappa shape index (κ2) is 7.57. The van der Waals surface area contributed by atoms with Crippen LogP contribution in [-0.2, 0) is 17.9 Å². The van der Waals surface area contributed by atoms with E-state index in [1.807, 2.05) is 12.1 Å². The molecule has 3 nitrogen and oxygen atoms in total. The molecule has 0 atom stereocenters. The van der Waals surface area contributed by atoms with Gasteiger partial charge in [-0.25, -0.2) is 0 Å². The maximum atomic E-state index is 12.1. The van der Waals surface area contributed by atoms with Crippen molar-refractivity contribution in [3.05, 3.63) is 46.2 Å². The first kappa shape index (κ1) is 17.4. The van der Waals surface area contributed by atoms with Crippen molar-refractivity contribution in [3.63, 3.8) is 0 Å². The Balaban J connectivity index is 2.18. The lowest BCUT2D eigenvalue weighted by atomic mass is 10.1. The van der Waals surface area contributed by atoms with Crippen molar-refractivity contribution in [2.24, 2.45) is 0 Å². The summed E-state index contributed by atoms with van der Waals surface area (Å²) in [4.78, 5) is 12.1. The van der Waals surface area contributed by atoms with Crippen molar-refractivity contribution in [3.8, 4) is 0 Å². The van der Waals surface area contributed by atoms with E-state index in [4.69, 9.17) is 4.74 Å². The number of rotatable bonds is 7.